The van der Waals surface area contributed by atoms with E-state index in [2.05, 4.69) is 43.9 Å². The van der Waals surface area contributed by atoms with Gasteiger partial charge in [-0.15, -0.1) is 0 Å². The van der Waals surface area contributed by atoms with Crippen LogP contribution in [0.15, 0.2) is 48.5 Å². The molecular formula is C21H26O2Si. The highest BCUT2D eigenvalue weighted by Crippen LogP contribution is 2.34. The van der Waals surface area contributed by atoms with Crippen LogP contribution in [0.5, 0.6) is 11.5 Å². The van der Waals surface area contributed by atoms with E-state index >= 15 is 0 Å². The van der Waals surface area contributed by atoms with Gasteiger partial charge in [0.25, 0.3) is 0 Å². The Morgan fingerprint density at radius 2 is 1.79 bits per heavy atom. The van der Waals surface area contributed by atoms with Crippen molar-refractivity contribution in [1.29, 1.82) is 0 Å². The fraction of sp³-hybridized carbons (Fsp3) is 0.333. The number of hydrogen-bond acceptors (Lipinski definition) is 2. The highest BCUT2D eigenvalue weighted by molar-refractivity contribution is 6.76. The van der Waals surface area contributed by atoms with Gasteiger partial charge in [-0.2, -0.15) is 0 Å². The highest BCUT2D eigenvalue weighted by Gasteiger charge is 2.16. The maximum absolute atomic E-state index is 9.49. The summed E-state index contributed by atoms with van der Waals surface area (Å²) < 4.78 is 5.99. The lowest BCUT2D eigenvalue weighted by atomic mass is 9.87. The fourth-order valence-corrected chi connectivity index (χ4v) is 3.72. The van der Waals surface area contributed by atoms with Gasteiger partial charge >= 0.3 is 0 Å². The van der Waals surface area contributed by atoms with Gasteiger partial charge in [0.05, 0.1) is 6.61 Å². The molecule has 3 rings (SSSR count). The zero-order valence-corrected chi connectivity index (χ0v) is 15.8. The molecule has 0 saturated heterocycles. The van der Waals surface area contributed by atoms with Crippen molar-refractivity contribution in [3.8, 4) is 11.5 Å². The molecule has 0 saturated carbocycles. The van der Waals surface area contributed by atoms with Crippen LogP contribution in [-0.4, -0.2) is 19.8 Å². The van der Waals surface area contributed by atoms with E-state index in [9.17, 15) is 5.11 Å². The number of rotatable bonds is 5. The summed E-state index contributed by atoms with van der Waals surface area (Å²) in [7, 11) is -1.05. The van der Waals surface area contributed by atoms with Crippen molar-refractivity contribution >= 4 is 13.6 Å². The third-order valence-electron chi connectivity index (χ3n) is 4.43. The second kappa shape index (κ2) is 6.86. The summed E-state index contributed by atoms with van der Waals surface area (Å²) in [4.78, 5) is 0. The van der Waals surface area contributed by atoms with Crippen molar-refractivity contribution in [2.24, 2.45) is 0 Å². The second-order valence-electron chi connectivity index (χ2n) is 7.68. The fourth-order valence-electron chi connectivity index (χ4n) is 3.00. The van der Waals surface area contributed by atoms with Gasteiger partial charge in [0.2, 0.25) is 0 Å². The standard InChI is InChI=1S/C21H26O2Si/c1-24(2,3)14-13-23-19-11-12-21-17(15-19)5-4-6-20(21)16-7-9-18(22)10-8-16/h6-12,15,22H,4-5,13-14H2,1-3H3. The SMILES string of the molecule is C[Si](C)(C)CCOc1ccc2c(c1)CCC=C2c1ccc(O)cc1. The number of aromatic hydroxyl groups is 1. The second-order valence-corrected chi connectivity index (χ2v) is 13.3. The van der Waals surface area contributed by atoms with Crippen molar-refractivity contribution in [2.75, 3.05) is 6.61 Å². The lowest BCUT2D eigenvalue weighted by Crippen LogP contribution is -2.22. The molecule has 0 spiro atoms. The lowest BCUT2D eigenvalue weighted by molar-refractivity contribution is 0.338. The molecule has 0 heterocycles. The molecule has 1 aliphatic rings. The first-order valence-corrected chi connectivity index (χ1v) is 12.4. The average Bonchev–Trinajstić information content (AvgIpc) is 2.54. The highest BCUT2D eigenvalue weighted by atomic mass is 28.3. The molecule has 24 heavy (non-hydrogen) atoms. The van der Waals surface area contributed by atoms with Gasteiger partial charge in [-0.05, 0) is 65.4 Å². The summed E-state index contributed by atoms with van der Waals surface area (Å²) in [6.07, 6.45) is 4.39. The van der Waals surface area contributed by atoms with E-state index in [1.165, 1.54) is 22.7 Å². The molecule has 0 amide bonds. The van der Waals surface area contributed by atoms with Gasteiger partial charge in [0.1, 0.15) is 11.5 Å². The molecule has 0 atom stereocenters. The van der Waals surface area contributed by atoms with E-state index < -0.39 is 8.07 Å². The quantitative estimate of drug-likeness (QED) is 0.731. The molecule has 2 aromatic rings. The Labute approximate surface area is 145 Å². The molecule has 0 aromatic heterocycles. The topological polar surface area (TPSA) is 29.5 Å². The number of phenolic OH excluding ortho intramolecular Hbond substituents is 1. The first-order valence-electron chi connectivity index (χ1n) is 8.68. The Kier molecular flexibility index (Phi) is 4.81. The number of benzene rings is 2. The van der Waals surface area contributed by atoms with Crippen molar-refractivity contribution in [3.63, 3.8) is 0 Å². The predicted molar refractivity (Wildman–Crippen MR) is 104 cm³/mol. The zero-order chi connectivity index (χ0) is 17.2. The molecule has 0 bridgehead atoms. The minimum Gasteiger partial charge on any atom is -0.508 e. The monoisotopic (exact) mass is 338 g/mol. The van der Waals surface area contributed by atoms with E-state index in [4.69, 9.17) is 4.74 Å². The Bertz CT molecular complexity index is 739. The number of allylic oxidation sites excluding steroid dienone is 1. The third kappa shape index (κ3) is 4.09. The van der Waals surface area contributed by atoms with Crippen molar-refractivity contribution < 1.29 is 9.84 Å². The summed E-state index contributed by atoms with van der Waals surface area (Å²) in [6.45, 7) is 7.93. The van der Waals surface area contributed by atoms with Crippen molar-refractivity contribution in [1.82, 2.24) is 0 Å². The van der Waals surface area contributed by atoms with E-state index in [0.717, 1.165) is 30.8 Å². The van der Waals surface area contributed by atoms with Gasteiger partial charge in [-0.1, -0.05) is 43.9 Å². The summed E-state index contributed by atoms with van der Waals surface area (Å²) in [5.41, 5.74) is 5.04. The molecule has 126 valence electrons. The zero-order valence-electron chi connectivity index (χ0n) is 14.8. The van der Waals surface area contributed by atoms with E-state index in [-0.39, 0.29) is 0 Å². The first-order chi connectivity index (χ1) is 11.4. The van der Waals surface area contributed by atoms with Crippen LogP contribution in [0, 0.1) is 0 Å². The Balaban J connectivity index is 1.78. The van der Waals surface area contributed by atoms with Crippen LogP contribution in [-0.2, 0) is 6.42 Å². The van der Waals surface area contributed by atoms with Crippen LogP contribution in [0.25, 0.3) is 5.57 Å². The van der Waals surface area contributed by atoms with Gasteiger partial charge in [-0.25, -0.2) is 0 Å². The summed E-state index contributed by atoms with van der Waals surface area (Å²) in [5.74, 6) is 1.29. The Hall–Kier alpha value is -2.00. The Morgan fingerprint density at radius 3 is 2.50 bits per heavy atom. The average molecular weight is 339 g/mol. The summed E-state index contributed by atoms with van der Waals surface area (Å²) in [5, 5.41) is 9.49. The van der Waals surface area contributed by atoms with E-state index in [0.29, 0.717) is 5.75 Å². The number of ether oxygens (including phenoxy) is 1. The van der Waals surface area contributed by atoms with Crippen molar-refractivity contribution in [3.05, 3.63) is 65.2 Å². The van der Waals surface area contributed by atoms with Crippen LogP contribution in [0.1, 0.15) is 23.1 Å². The molecule has 0 fully saturated rings. The smallest absolute Gasteiger partial charge is 0.119 e. The maximum Gasteiger partial charge on any atom is 0.119 e. The Morgan fingerprint density at radius 1 is 1.04 bits per heavy atom. The van der Waals surface area contributed by atoms with Crippen LogP contribution in [0.2, 0.25) is 25.7 Å². The van der Waals surface area contributed by atoms with Gasteiger partial charge in [-0.3, -0.25) is 0 Å². The van der Waals surface area contributed by atoms with Gasteiger partial charge < -0.3 is 9.84 Å². The molecule has 0 radical (unpaired) electrons. The van der Waals surface area contributed by atoms with Crippen LogP contribution in [0.3, 0.4) is 0 Å². The summed E-state index contributed by atoms with van der Waals surface area (Å²) >= 11 is 0. The number of fused-ring (bicyclic) bond motifs is 1. The summed E-state index contributed by atoms with van der Waals surface area (Å²) in [6, 6.07) is 15.1. The number of phenols is 1. The number of aryl methyl sites for hydroxylation is 1. The normalized spacial score (nSPS) is 14.0. The minimum atomic E-state index is -1.05. The van der Waals surface area contributed by atoms with Crippen molar-refractivity contribution in [2.45, 2.75) is 38.5 Å². The first kappa shape index (κ1) is 16.8. The van der Waals surface area contributed by atoms with E-state index in [1.807, 2.05) is 12.1 Å². The van der Waals surface area contributed by atoms with E-state index in [1.54, 1.807) is 12.1 Å². The van der Waals surface area contributed by atoms with Crippen LogP contribution < -0.4 is 4.74 Å². The number of hydrogen-bond donors (Lipinski definition) is 1. The molecule has 1 N–H and O–H groups in total. The minimum absolute atomic E-state index is 0.307. The van der Waals surface area contributed by atoms with Crippen LogP contribution >= 0.6 is 0 Å². The predicted octanol–water partition coefficient (Wildman–Crippen LogP) is 5.49. The van der Waals surface area contributed by atoms with Crippen LogP contribution in [0.4, 0.5) is 0 Å². The maximum atomic E-state index is 9.49. The lowest BCUT2D eigenvalue weighted by Gasteiger charge is -2.20. The molecule has 0 aliphatic heterocycles. The molecular weight excluding hydrogens is 312 g/mol. The molecule has 2 aromatic carbocycles. The molecule has 2 nitrogen and oxygen atoms in total. The molecule has 3 heteroatoms. The third-order valence-corrected chi connectivity index (χ3v) is 6.13. The van der Waals surface area contributed by atoms with Gasteiger partial charge in [0, 0.05) is 8.07 Å². The molecule has 1 aliphatic carbocycles. The molecule has 0 unspecified atom stereocenters. The largest absolute Gasteiger partial charge is 0.508 e. The van der Waals surface area contributed by atoms with Gasteiger partial charge in [0.15, 0.2) is 0 Å².